The summed E-state index contributed by atoms with van der Waals surface area (Å²) in [7, 11) is 0. The van der Waals surface area contributed by atoms with E-state index >= 15 is 0 Å². The summed E-state index contributed by atoms with van der Waals surface area (Å²) >= 11 is 0. The van der Waals surface area contributed by atoms with Gasteiger partial charge in [-0.25, -0.2) is 0 Å². The summed E-state index contributed by atoms with van der Waals surface area (Å²) in [5.74, 6) is 1.28. The number of piperidine rings is 1. The molecule has 5 nitrogen and oxygen atoms in total. The largest absolute Gasteiger partial charge is 0.366 e. The first-order chi connectivity index (χ1) is 9.06. The van der Waals surface area contributed by atoms with E-state index in [1.807, 2.05) is 24.8 Å². The first kappa shape index (κ1) is 13.8. The van der Waals surface area contributed by atoms with Crippen molar-refractivity contribution in [3.05, 3.63) is 17.8 Å². The highest BCUT2D eigenvalue weighted by Crippen LogP contribution is 2.17. The fourth-order valence-corrected chi connectivity index (χ4v) is 2.35. The number of hydrogen-bond acceptors (Lipinski definition) is 4. The fraction of sp³-hybridized carbons (Fsp3) is 0.643. The lowest BCUT2D eigenvalue weighted by Crippen LogP contribution is -2.39. The Hall–Kier alpha value is -1.65. The summed E-state index contributed by atoms with van der Waals surface area (Å²) < 4.78 is 0. The summed E-state index contributed by atoms with van der Waals surface area (Å²) in [6.45, 7) is 7.91. The van der Waals surface area contributed by atoms with Crippen molar-refractivity contribution in [1.82, 2.24) is 15.1 Å². The minimum atomic E-state index is -0.00449. The van der Waals surface area contributed by atoms with E-state index in [9.17, 15) is 4.79 Å². The number of carbonyl (C=O) groups is 1. The van der Waals surface area contributed by atoms with Crippen molar-refractivity contribution < 1.29 is 4.79 Å². The van der Waals surface area contributed by atoms with Crippen molar-refractivity contribution >= 4 is 11.7 Å². The first-order valence-electron chi connectivity index (χ1n) is 6.96. The minimum Gasteiger partial charge on any atom is -0.366 e. The molecule has 0 spiro atoms. The molecule has 0 bridgehead atoms. The predicted molar refractivity (Wildman–Crippen MR) is 75.1 cm³/mol. The van der Waals surface area contributed by atoms with Crippen LogP contribution in [0, 0.1) is 5.92 Å². The molecule has 104 valence electrons. The van der Waals surface area contributed by atoms with Gasteiger partial charge >= 0.3 is 0 Å². The maximum absolute atomic E-state index is 12.3. The highest BCUT2D eigenvalue weighted by Gasteiger charge is 2.23. The molecule has 1 saturated heterocycles. The zero-order valence-electron chi connectivity index (χ0n) is 11.9. The molecular weight excluding hydrogens is 240 g/mol. The van der Waals surface area contributed by atoms with Gasteiger partial charge < -0.3 is 10.2 Å². The number of nitrogens with zero attached hydrogens (tertiary/aromatic N) is 3. The lowest BCUT2D eigenvalue weighted by molar-refractivity contribution is 0.0676. The van der Waals surface area contributed by atoms with E-state index in [4.69, 9.17) is 0 Å². The Balaban J connectivity index is 2.02. The van der Waals surface area contributed by atoms with Crippen LogP contribution in [0.25, 0.3) is 0 Å². The van der Waals surface area contributed by atoms with E-state index in [0.29, 0.717) is 23.5 Å². The van der Waals surface area contributed by atoms with Crippen molar-refractivity contribution in [2.24, 2.45) is 5.92 Å². The van der Waals surface area contributed by atoms with Crippen LogP contribution in [0.1, 0.15) is 44.1 Å². The van der Waals surface area contributed by atoms with Gasteiger partial charge in [0, 0.05) is 19.1 Å². The molecule has 1 aromatic rings. The van der Waals surface area contributed by atoms with E-state index in [1.54, 1.807) is 6.07 Å². The lowest BCUT2D eigenvalue weighted by atomic mass is 10.00. The smallest absolute Gasteiger partial charge is 0.274 e. The van der Waals surface area contributed by atoms with Crippen LogP contribution in [-0.2, 0) is 0 Å². The van der Waals surface area contributed by atoms with Crippen LogP contribution in [0.2, 0.25) is 0 Å². The molecule has 1 N–H and O–H groups in total. The van der Waals surface area contributed by atoms with Gasteiger partial charge in [0.15, 0.2) is 5.69 Å². The Labute approximate surface area is 114 Å². The molecule has 1 amide bonds. The van der Waals surface area contributed by atoms with Gasteiger partial charge in [0.1, 0.15) is 5.82 Å². The summed E-state index contributed by atoms with van der Waals surface area (Å²) in [5, 5.41) is 11.2. The average molecular weight is 262 g/mol. The van der Waals surface area contributed by atoms with Crippen LogP contribution in [0.3, 0.4) is 0 Å². The standard InChI is InChI=1S/C14H22N4O/c1-10(2)15-13-7-6-12(16-17-13)14(19)18-8-4-5-11(3)9-18/h6-7,10-11H,4-5,8-9H2,1-3H3,(H,15,17). The Kier molecular flexibility index (Phi) is 4.35. The minimum absolute atomic E-state index is 0.00449. The second kappa shape index (κ2) is 5.99. The van der Waals surface area contributed by atoms with E-state index < -0.39 is 0 Å². The second-order valence-electron chi connectivity index (χ2n) is 5.60. The topological polar surface area (TPSA) is 58.1 Å². The van der Waals surface area contributed by atoms with Crippen molar-refractivity contribution in [3.8, 4) is 0 Å². The summed E-state index contributed by atoms with van der Waals surface area (Å²) in [6.07, 6.45) is 2.28. The lowest BCUT2D eigenvalue weighted by Gasteiger charge is -2.30. The molecule has 0 saturated carbocycles. The van der Waals surface area contributed by atoms with Crippen molar-refractivity contribution in [3.63, 3.8) is 0 Å². The number of anilines is 1. The number of likely N-dealkylation sites (tertiary alicyclic amines) is 1. The van der Waals surface area contributed by atoms with Crippen LogP contribution in [0.5, 0.6) is 0 Å². The third-order valence-electron chi connectivity index (χ3n) is 3.26. The molecule has 0 radical (unpaired) electrons. The first-order valence-corrected chi connectivity index (χ1v) is 6.96. The van der Waals surface area contributed by atoms with E-state index in [0.717, 1.165) is 19.5 Å². The van der Waals surface area contributed by atoms with Gasteiger partial charge in [0.2, 0.25) is 0 Å². The Morgan fingerprint density at radius 3 is 2.79 bits per heavy atom. The molecule has 1 aliphatic heterocycles. The number of carbonyl (C=O) groups excluding carboxylic acids is 1. The highest BCUT2D eigenvalue weighted by atomic mass is 16.2. The summed E-state index contributed by atoms with van der Waals surface area (Å²) in [4.78, 5) is 14.2. The Morgan fingerprint density at radius 2 is 2.21 bits per heavy atom. The highest BCUT2D eigenvalue weighted by molar-refractivity contribution is 5.92. The van der Waals surface area contributed by atoms with Gasteiger partial charge in [-0.3, -0.25) is 4.79 Å². The van der Waals surface area contributed by atoms with Gasteiger partial charge in [-0.1, -0.05) is 6.92 Å². The molecular formula is C14H22N4O. The zero-order chi connectivity index (χ0) is 13.8. The molecule has 1 aliphatic rings. The quantitative estimate of drug-likeness (QED) is 0.907. The maximum atomic E-state index is 12.3. The van der Waals surface area contributed by atoms with Gasteiger partial charge in [0.05, 0.1) is 0 Å². The van der Waals surface area contributed by atoms with E-state index in [2.05, 4.69) is 22.4 Å². The summed E-state index contributed by atoms with van der Waals surface area (Å²) in [6, 6.07) is 3.87. The molecule has 0 aromatic carbocycles. The van der Waals surface area contributed by atoms with Crippen molar-refractivity contribution in [2.75, 3.05) is 18.4 Å². The molecule has 5 heteroatoms. The van der Waals surface area contributed by atoms with E-state index in [1.165, 1.54) is 6.42 Å². The molecule has 19 heavy (non-hydrogen) atoms. The molecule has 1 atom stereocenters. The van der Waals surface area contributed by atoms with Crippen LogP contribution in [0.15, 0.2) is 12.1 Å². The summed E-state index contributed by atoms with van der Waals surface area (Å²) in [5.41, 5.74) is 0.434. The van der Waals surface area contributed by atoms with Gasteiger partial charge in [-0.15, -0.1) is 10.2 Å². The number of rotatable bonds is 3. The van der Waals surface area contributed by atoms with Crippen LogP contribution < -0.4 is 5.32 Å². The van der Waals surface area contributed by atoms with Gasteiger partial charge in [-0.05, 0) is 44.7 Å². The molecule has 2 heterocycles. The SMILES string of the molecule is CC1CCCN(C(=O)c2ccc(NC(C)C)nn2)C1. The maximum Gasteiger partial charge on any atom is 0.274 e. The molecule has 1 aromatic heterocycles. The van der Waals surface area contributed by atoms with Gasteiger partial charge in [-0.2, -0.15) is 0 Å². The van der Waals surface area contributed by atoms with Crippen molar-refractivity contribution in [2.45, 2.75) is 39.7 Å². The monoisotopic (exact) mass is 262 g/mol. The van der Waals surface area contributed by atoms with Crippen molar-refractivity contribution in [1.29, 1.82) is 0 Å². The zero-order valence-corrected chi connectivity index (χ0v) is 11.9. The number of hydrogen-bond donors (Lipinski definition) is 1. The third kappa shape index (κ3) is 3.66. The van der Waals surface area contributed by atoms with Crippen LogP contribution in [-0.4, -0.2) is 40.1 Å². The predicted octanol–water partition coefficient (Wildman–Crippen LogP) is 2.17. The molecule has 2 rings (SSSR count). The Bertz CT molecular complexity index is 430. The van der Waals surface area contributed by atoms with Gasteiger partial charge in [0.25, 0.3) is 5.91 Å². The third-order valence-corrected chi connectivity index (χ3v) is 3.26. The average Bonchev–Trinajstić information content (AvgIpc) is 2.38. The molecule has 0 aliphatic carbocycles. The molecule has 1 fully saturated rings. The number of nitrogens with one attached hydrogen (secondary N) is 1. The fourth-order valence-electron chi connectivity index (χ4n) is 2.35. The molecule has 1 unspecified atom stereocenters. The normalized spacial score (nSPS) is 19.6. The second-order valence-corrected chi connectivity index (χ2v) is 5.60. The van der Waals surface area contributed by atoms with Crippen LogP contribution in [0.4, 0.5) is 5.82 Å². The number of amides is 1. The van der Waals surface area contributed by atoms with E-state index in [-0.39, 0.29) is 5.91 Å². The Morgan fingerprint density at radius 1 is 1.42 bits per heavy atom. The van der Waals surface area contributed by atoms with Crippen LogP contribution >= 0.6 is 0 Å². The number of aromatic nitrogens is 2.